The van der Waals surface area contributed by atoms with Crippen LogP contribution >= 0.6 is 0 Å². The maximum Gasteiger partial charge on any atom is 0.244 e. The number of halogens is 2. The molecule has 0 atom stereocenters. The highest BCUT2D eigenvalue weighted by Gasteiger charge is 2.32. The summed E-state index contributed by atoms with van der Waals surface area (Å²) in [7, 11) is -4.16. The van der Waals surface area contributed by atoms with Crippen molar-refractivity contribution in [1.82, 2.24) is 4.72 Å². The van der Waals surface area contributed by atoms with E-state index in [1.807, 2.05) is 20.8 Å². The van der Waals surface area contributed by atoms with Crippen molar-refractivity contribution in [2.75, 3.05) is 0 Å². The van der Waals surface area contributed by atoms with Gasteiger partial charge in [-0.1, -0.05) is 20.8 Å². The van der Waals surface area contributed by atoms with E-state index >= 15 is 0 Å². The molecule has 0 aliphatic heterocycles. The number of rotatable bonds is 7. The Bertz CT molecular complexity index is 591. The molecule has 1 aromatic carbocycles. The van der Waals surface area contributed by atoms with Crippen LogP contribution in [0.3, 0.4) is 0 Å². The molecule has 0 saturated heterocycles. The Balaban J connectivity index is 3.34. The third-order valence-corrected chi connectivity index (χ3v) is 5.54. The lowest BCUT2D eigenvalue weighted by molar-refractivity contribution is 0.340. The van der Waals surface area contributed by atoms with Gasteiger partial charge >= 0.3 is 0 Å². The second-order valence-electron chi connectivity index (χ2n) is 5.04. The van der Waals surface area contributed by atoms with Crippen LogP contribution < -0.4 is 10.5 Å². The third kappa shape index (κ3) is 3.78. The van der Waals surface area contributed by atoms with Crippen molar-refractivity contribution in [2.24, 2.45) is 5.73 Å². The standard InChI is InChI=1S/C14H22F2N2O2S/c1-4-14(5-2,6-3)18-21(19,20)12-8-10(9-17)7-11(15)13(12)16/h7-8,18H,4-6,9,17H2,1-3H3. The van der Waals surface area contributed by atoms with Crippen LogP contribution in [-0.2, 0) is 16.6 Å². The van der Waals surface area contributed by atoms with Crippen LogP contribution in [0.2, 0.25) is 0 Å². The molecule has 21 heavy (non-hydrogen) atoms. The van der Waals surface area contributed by atoms with Gasteiger partial charge in [0.1, 0.15) is 4.90 Å². The first-order chi connectivity index (χ1) is 9.75. The molecule has 0 heterocycles. The number of benzene rings is 1. The Morgan fingerprint density at radius 1 is 1.14 bits per heavy atom. The van der Waals surface area contributed by atoms with Gasteiger partial charge in [0.05, 0.1) is 0 Å². The van der Waals surface area contributed by atoms with Crippen molar-refractivity contribution in [1.29, 1.82) is 0 Å². The predicted molar refractivity (Wildman–Crippen MR) is 78.2 cm³/mol. The van der Waals surface area contributed by atoms with Crippen LogP contribution in [0.1, 0.15) is 45.6 Å². The Morgan fingerprint density at radius 2 is 1.67 bits per heavy atom. The van der Waals surface area contributed by atoms with E-state index in [9.17, 15) is 17.2 Å². The molecule has 0 aromatic heterocycles. The summed E-state index contributed by atoms with van der Waals surface area (Å²) in [5, 5.41) is 0. The molecule has 1 aromatic rings. The first-order valence-corrected chi connectivity index (χ1v) is 8.45. The third-order valence-electron chi connectivity index (χ3n) is 3.96. The average molecular weight is 320 g/mol. The molecule has 0 unspecified atom stereocenters. The fourth-order valence-corrected chi connectivity index (χ4v) is 3.99. The Morgan fingerprint density at radius 3 is 2.10 bits per heavy atom. The first-order valence-electron chi connectivity index (χ1n) is 6.97. The molecule has 0 fully saturated rings. The molecule has 4 nitrogen and oxygen atoms in total. The van der Waals surface area contributed by atoms with Gasteiger partial charge in [0, 0.05) is 12.1 Å². The summed E-state index contributed by atoms with van der Waals surface area (Å²) in [4.78, 5) is -0.692. The van der Waals surface area contributed by atoms with Crippen molar-refractivity contribution in [3.8, 4) is 0 Å². The summed E-state index contributed by atoms with van der Waals surface area (Å²) >= 11 is 0. The van der Waals surface area contributed by atoms with E-state index < -0.39 is 32.1 Å². The largest absolute Gasteiger partial charge is 0.326 e. The molecule has 120 valence electrons. The molecule has 1 rings (SSSR count). The molecule has 0 bridgehead atoms. The summed E-state index contributed by atoms with van der Waals surface area (Å²) in [5.41, 5.74) is 4.94. The number of nitrogens with two attached hydrogens (primary N) is 1. The smallest absolute Gasteiger partial charge is 0.244 e. The number of sulfonamides is 1. The van der Waals surface area contributed by atoms with Crippen LogP contribution in [0.15, 0.2) is 17.0 Å². The van der Waals surface area contributed by atoms with Crippen molar-refractivity contribution >= 4 is 10.0 Å². The minimum atomic E-state index is -4.16. The zero-order valence-electron chi connectivity index (χ0n) is 12.5. The summed E-state index contributed by atoms with van der Waals surface area (Å²) in [5.74, 6) is -2.59. The summed E-state index contributed by atoms with van der Waals surface area (Å²) in [6.45, 7) is 5.48. The van der Waals surface area contributed by atoms with Crippen LogP contribution in [-0.4, -0.2) is 14.0 Å². The van der Waals surface area contributed by atoms with E-state index in [-0.39, 0.29) is 12.1 Å². The second kappa shape index (κ2) is 6.81. The fourth-order valence-electron chi connectivity index (χ4n) is 2.24. The van der Waals surface area contributed by atoms with E-state index in [2.05, 4.69) is 4.72 Å². The van der Waals surface area contributed by atoms with Crippen molar-refractivity contribution in [3.05, 3.63) is 29.3 Å². The lowest BCUT2D eigenvalue weighted by Gasteiger charge is -2.31. The minimum Gasteiger partial charge on any atom is -0.326 e. The molecule has 0 saturated carbocycles. The number of nitrogens with one attached hydrogen (secondary N) is 1. The summed E-state index contributed by atoms with van der Waals surface area (Å²) in [6, 6.07) is 1.98. The molecule has 3 N–H and O–H groups in total. The van der Waals surface area contributed by atoms with Crippen molar-refractivity contribution < 1.29 is 17.2 Å². The van der Waals surface area contributed by atoms with E-state index in [1.165, 1.54) is 0 Å². The first kappa shape index (κ1) is 18.0. The van der Waals surface area contributed by atoms with Crippen molar-refractivity contribution in [2.45, 2.75) is 57.0 Å². The molecular formula is C14H22F2N2O2S. The van der Waals surface area contributed by atoms with Gasteiger partial charge in [-0.3, -0.25) is 0 Å². The molecule has 0 radical (unpaired) electrons. The topological polar surface area (TPSA) is 72.2 Å². The Kier molecular flexibility index (Phi) is 5.83. The van der Waals surface area contributed by atoms with E-state index in [0.717, 1.165) is 12.1 Å². The van der Waals surface area contributed by atoms with E-state index in [4.69, 9.17) is 5.73 Å². The molecule has 7 heteroatoms. The normalized spacial score (nSPS) is 12.7. The van der Waals surface area contributed by atoms with Gasteiger partial charge in [-0.15, -0.1) is 0 Å². The zero-order valence-corrected chi connectivity index (χ0v) is 13.4. The maximum absolute atomic E-state index is 13.9. The maximum atomic E-state index is 13.9. The van der Waals surface area contributed by atoms with Gasteiger partial charge in [0.25, 0.3) is 0 Å². The minimum absolute atomic E-state index is 0.0692. The van der Waals surface area contributed by atoms with E-state index in [0.29, 0.717) is 19.3 Å². The molecule has 0 aliphatic rings. The molecule has 0 spiro atoms. The quantitative estimate of drug-likeness (QED) is 0.811. The highest BCUT2D eigenvalue weighted by atomic mass is 32.2. The van der Waals surface area contributed by atoms with Gasteiger partial charge in [-0.2, -0.15) is 0 Å². The SMILES string of the molecule is CCC(CC)(CC)NS(=O)(=O)c1cc(CN)cc(F)c1F. The molecular weight excluding hydrogens is 298 g/mol. The highest BCUT2D eigenvalue weighted by Crippen LogP contribution is 2.25. The van der Waals surface area contributed by atoms with Gasteiger partial charge in [0.2, 0.25) is 10.0 Å². The molecule has 0 amide bonds. The highest BCUT2D eigenvalue weighted by molar-refractivity contribution is 7.89. The summed E-state index contributed by atoms with van der Waals surface area (Å²) in [6.07, 6.45) is 1.67. The Hall–Kier alpha value is -1.05. The van der Waals surface area contributed by atoms with Crippen LogP contribution in [0, 0.1) is 11.6 Å². The van der Waals surface area contributed by atoms with Gasteiger partial charge in [-0.25, -0.2) is 21.9 Å². The van der Waals surface area contributed by atoms with Gasteiger partial charge in [0.15, 0.2) is 11.6 Å². The number of hydrogen-bond acceptors (Lipinski definition) is 3. The predicted octanol–water partition coefficient (Wildman–Crippen LogP) is 2.67. The average Bonchev–Trinajstić information content (AvgIpc) is 2.47. The van der Waals surface area contributed by atoms with Crippen molar-refractivity contribution in [3.63, 3.8) is 0 Å². The second-order valence-corrected chi connectivity index (χ2v) is 6.69. The van der Waals surface area contributed by atoms with E-state index in [1.54, 1.807) is 0 Å². The van der Waals surface area contributed by atoms with Crippen LogP contribution in [0.4, 0.5) is 8.78 Å². The lowest BCUT2D eigenvalue weighted by Crippen LogP contribution is -2.47. The van der Waals surface area contributed by atoms with Gasteiger partial charge < -0.3 is 5.73 Å². The van der Waals surface area contributed by atoms with Gasteiger partial charge in [-0.05, 0) is 37.0 Å². The molecule has 0 aliphatic carbocycles. The zero-order chi connectivity index (χ0) is 16.3. The monoisotopic (exact) mass is 320 g/mol. The summed E-state index contributed by atoms with van der Waals surface area (Å²) < 4.78 is 54.7. The van der Waals surface area contributed by atoms with Crippen LogP contribution in [0.25, 0.3) is 0 Å². The Labute approximate surface area is 124 Å². The number of hydrogen-bond donors (Lipinski definition) is 2. The van der Waals surface area contributed by atoms with Crippen LogP contribution in [0.5, 0.6) is 0 Å². The lowest BCUT2D eigenvalue weighted by atomic mass is 9.91. The fraction of sp³-hybridized carbons (Fsp3) is 0.571.